The van der Waals surface area contributed by atoms with E-state index in [1.165, 1.54) is 44.9 Å². The average molecular weight is 443 g/mol. The summed E-state index contributed by atoms with van der Waals surface area (Å²) in [5.74, 6) is 2.68. The van der Waals surface area contributed by atoms with Crippen LogP contribution in [0.1, 0.15) is 113 Å². The summed E-state index contributed by atoms with van der Waals surface area (Å²) in [5.41, 5.74) is 2.91. The SMILES string of the molecule is CC1(C)C2CC[C@@]3(C)CC4=CC[C@H]5C(C)(C)[C@H](O)CC[C@]5(C)[C@H]4CCC3[C@@]2(C)CC[C@@H]1O. The summed E-state index contributed by atoms with van der Waals surface area (Å²) in [6.07, 6.45) is 14.4. The lowest BCUT2D eigenvalue weighted by atomic mass is 9.42. The van der Waals surface area contributed by atoms with Gasteiger partial charge in [-0.1, -0.05) is 60.1 Å². The van der Waals surface area contributed by atoms with Crippen LogP contribution in [0.15, 0.2) is 11.6 Å². The second kappa shape index (κ2) is 7.09. The van der Waals surface area contributed by atoms with Gasteiger partial charge in [0.15, 0.2) is 0 Å². The van der Waals surface area contributed by atoms with E-state index in [4.69, 9.17) is 0 Å². The number of hydrogen-bond acceptors (Lipinski definition) is 2. The van der Waals surface area contributed by atoms with Crippen molar-refractivity contribution >= 4 is 0 Å². The van der Waals surface area contributed by atoms with Crippen molar-refractivity contribution in [1.82, 2.24) is 0 Å². The van der Waals surface area contributed by atoms with Crippen molar-refractivity contribution in [1.29, 1.82) is 0 Å². The van der Waals surface area contributed by atoms with Crippen molar-refractivity contribution in [2.45, 2.75) is 125 Å². The molecule has 5 aliphatic rings. The Kier molecular flexibility index (Phi) is 5.19. The molecule has 0 aliphatic heterocycles. The summed E-state index contributed by atoms with van der Waals surface area (Å²) in [5, 5.41) is 21.7. The standard InChI is InChI=1S/C30H50O2/c1-26(2)21-10-8-19-18-28(5)15-12-22-27(3,4)25(32)14-17-30(22,7)23(28)11-9-20(19)29(21,6)16-13-24(26)31/h8,20-25,31-32H,9-18H2,1-7H3/t20-,21-,22?,23?,24+,25-,28-,29+,30-/m0/s1. The predicted molar refractivity (Wildman–Crippen MR) is 132 cm³/mol. The van der Waals surface area contributed by atoms with E-state index >= 15 is 0 Å². The molecule has 0 bridgehead atoms. The largest absolute Gasteiger partial charge is 0.393 e. The molecule has 4 fully saturated rings. The minimum absolute atomic E-state index is 0.0125. The number of hydrogen-bond donors (Lipinski definition) is 2. The number of aliphatic hydroxyl groups is 2. The maximum absolute atomic E-state index is 10.9. The molecule has 0 amide bonds. The molecule has 2 heteroatoms. The van der Waals surface area contributed by atoms with Crippen LogP contribution in [-0.2, 0) is 0 Å². The van der Waals surface area contributed by atoms with Gasteiger partial charge in [-0.3, -0.25) is 0 Å². The molecular weight excluding hydrogens is 392 g/mol. The van der Waals surface area contributed by atoms with Crippen molar-refractivity contribution in [2.24, 2.45) is 50.7 Å². The normalized spacial score (nSPS) is 54.2. The first-order chi connectivity index (χ1) is 14.8. The molecule has 2 nitrogen and oxygen atoms in total. The number of rotatable bonds is 0. The average Bonchev–Trinajstić information content (AvgIpc) is 2.86. The van der Waals surface area contributed by atoms with Gasteiger partial charge in [0.1, 0.15) is 0 Å². The van der Waals surface area contributed by atoms with Crippen molar-refractivity contribution in [3.8, 4) is 0 Å². The van der Waals surface area contributed by atoms with Crippen LogP contribution in [-0.4, -0.2) is 22.4 Å². The van der Waals surface area contributed by atoms with E-state index in [0.717, 1.165) is 25.2 Å². The fourth-order valence-electron chi connectivity index (χ4n) is 10.9. The molecular formula is C30H50O2. The Morgan fingerprint density at radius 2 is 1.25 bits per heavy atom. The van der Waals surface area contributed by atoms with Crippen LogP contribution in [0.3, 0.4) is 0 Å². The fraction of sp³-hybridized carbons (Fsp3) is 0.933. The summed E-state index contributed by atoms with van der Waals surface area (Å²) in [4.78, 5) is 0. The van der Waals surface area contributed by atoms with Crippen molar-refractivity contribution < 1.29 is 10.2 Å². The molecule has 4 saturated carbocycles. The first-order valence-corrected chi connectivity index (χ1v) is 13.8. The van der Waals surface area contributed by atoms with Gasteiger partial charge in [-0.25, -0.2) is 0 Å². The van der Waals surface area contributed by atoms with Crippen molar-refractivity contribution in [3.63, 3.8) is 0 Å². The lowest BCUT2D eigenvalue weighted by molar-refractivity contribution is -0.170. The Bertz CT molecular complexity index is 795. The quantitative estimate of drug-likeness (QED) is 0.391. The topological polar surface area (TPSA) is 40.5 Å². The van der Waals surface area contributed by atoms with Crippen LogP contribution in [0.5, 0.6) is 0 Å². The predicted octanol–water partition coefficient (Wildman–Crippen LogP) is 7.14. The highest BCUT2D eigenvalue weighted by atomic mass is 16.3. The highest BCUT2D eigenvalue weighted by Gasteiger charge is 2.63. The highest BCUT2D eigenvalue weighted by Crippen LogP contribution is 2.70. The molecule has 0 aromatic heterocycles. The molecule has 0 aromatic carbocycles. The van der Waals surface area contributed by atoms with Gasteiger partial charge in [-0.2, -0.15) is 0 Å². The molecule has 5 aliphatic carbocycles. The van der Waals surface area contributed by atoms with Crippen LogP contribution in [0.4, 0.5) is 0 Å². The van der Waals surface area contributed by atoms with Gasteiger partial charge in [0.25, 0.3) is 0 Å². The zero-order valence-electron chi connectivity index (χ0n) is 22.0. The van der Waals surface area contributed by atoms with E-state index in [1.807, 2.05) is 0 Å². The van der Waals surface area contributed by atoms with Crippen molar-refractivity contribution in [2.75, 3.05) is 0 Å². The maximum Gasteiger partial charge on any atom is 0.0594 e. The van der Waals surface area contributed by atoms with E-state index in [-0.39, 0.29) is 23.0 Å². The summed E-state index contributed by atoms with van der Waals surface area (Å²) in [7, 11) is 0. The summed E-state index contributed by atoms with van der Waals surface area (Å²) in [6.45, 7) is 17.2. The van der Waals surface area contributed by atoms with Gasteiger partial charge < -0.3 is 10.2 Å². The van der Waals surface area contributed by atoms with E-state index in [9.17, 15) is 10.2 Å². The van der Waals surface area contributed by atoms with E-state index in [1.54, 1.807) is 5.57 Å². The van der Waals surface area contributed by atoms with E-state index in [2.05, 4.69) is 54.5 Å². The second-order valence-electron chi connectivity index (χ2n) is 14.9. The molecule has 2 N–H and O–H groups in total. The zero-order chi connectivity index (χ0) is 23.3. The maximum atomic E-state index is 10.9. The smallest absolute Gasteiger partial charge is 0.0594 e. The second-order valence-corrected chi connectivity index (χ2v) is 14.9. The fourth-order valence-corrected chi connectivity index (χ4v) is 10.9. The summed E-state index contributed by atoms with van der Waals surface area (Å²) < 4.78 is 0. The minimum Gasteiger partial charge on any atom is -0.393 e. The number of allylic oxidation sites excluding steroid dienone is 2. The van der Waals surface area contributed by atoms with E-state index in [0.29, 0.717) is 34.0 Å². The molecule has 2 unspecified atom stereocenters. The van der Waals surface area contributed by atoms with Crippen LogP contribution in [0.2, 0.25) is 0 Å². The molecule has 182 valence electrons. The monoisotopic (exact) mass is 442 g/mol. The number of fused-ring (bicyclic) bond motifs is 6. The highest BCUT2D eigenvalue weighted by molar-refractivity contribution is 5.25. The third kappa shape index (κ3) is 2.96. The Hall–Kier alpha value is -0.340. The van der Waals surface area contributed by atoms with Crippen LogP contribution in [0, 0.1) is 50.7 Å². The summed E-state index contributed by atoms with van der Waals surface area (Å²) in [6, 6.07) is 0. The van der Waals surface area contributed by atoms with Gasteiger partial charge in [0, 0.05) is 0 Å². The van der Waals surface area contributed by atoms with Gasteiger partial charge >= 0.3 is 0 Å². The first-order valence-electron chi connectivity index (χ1n) is 13.8. The third-order valence-corrected chi connectivity index (χ3v) is 12.9. The molecule has 0 heterocycles. The molecule has 5 rings (SSSR count). The van der Waals surface area contributed by atoms with Gasteiger partial charge in [-0.15, -0.1) is 0 Å². The Morgan fingerprint density at radius 3 is 1.91 bits per heavy atom. The third-order valence-electron chi connectivity index (χ3n) is 12.9. The molecule has 0 aromatic rings. The van der Waals surface area contributed by atoms with Crippen LogP contribution in [0.25, 0.3) is 0 Å². The van der Waals surface area contributed by atoms with Gasteiger partial charge in [0.2, 0.25) is 0 Å². The molecule has 0 radical (unpaired) electrons. The van der Waals surface area contributed by atoms with Gasteiger partial charge in [0.05, 0.1) is 12.2 Å². The van der Waals surface area contributed by atoms with E-state index < -0.39 is 0 Å². The lowest BCUT2D eigenvalue weighted by Crippen LogP contribution is -2.58. The minimum atomic E-state index is -0.156. The summed E-state index contributed by atoms with van der Waals surface area (Å²) >= 11 is 0. The molecule has 32 heavy (non-hydrogen) atoms. The molecule has 9 atom stereocenters. The van der Waals surface area contributed by atoms with Crippen LogP contribution < -0.4 is 0 Å². The van der Waals surface area contributed by atoms with Gasteiger partial charge in [-0.05, 0) is 115 Å². The first kappa shape index (κ1) is 23.4. The van der Waals surface area contributed by atoms with Crippen molar-refractivity contribution in [3.05, 3.63) is 11.6 Å². The lowest BCUT2D eigenvalue weighted by Gasteiger charge is -2.63. The Balaban J connectivity index is 1.50. The Labute approximate surface area is 197 Å². The molecule has 0 saturated heterocycles. The number of aliphatic hydroxyl groups excluding tert-OH is 2. The Morgan fingerprint density at radius 1 is 0.656 bits per heavy atom. The zero-order valence-corrected chi connectivity index (χ0v) is 22.0. The van der Waals surface area contributed by atoms with Crippen LogP contribution >= 0.6 is 0 Å². The molecule has 0 spiro atoms.